The molecule has 0 spiro atoms. The van der Waals surface area contributed by atoms with Crippen molar-refractivity contribution in [2.75, 3.05) is 31.5 Å². The van der Waals surface area contributed by atoms with Gasteiger partial charge in [0.05, 0.1) is 18.1 Å². The SMILES string of the molecule is O=C(Nc1ccccc1)N1C[C@@H]2C[C@H](C(=O)N3CCCC3)[C@H](C1)O2. The lowest BCUT2D eigenvalue weighted by atomic mass is 9.99. The molecule has 3 atom stereocenters. The van der Waals surface area contributed by atoms with E-state index in [0.29, 0.717) is 13.1 Å². The number of hydrogen-bond acceptors (Lipinski definition) is 3. The molecule has 24 heavy (non-hydrogen) atoms. The van der Waals surface area contributed by atoms with E-state index < -0.39 is 0 Å². The van der Waals surface area contributed by atoms with Crippen molar-refractivity contribution in [1.29, 1.82) is 0 Å². The first-order chi connectivity index (χ1) is 11.7. The number of nitrogens with one attached hydrogen (secondary N) is 1. The first-order valence-electron chi connectivity index (χ1n) is 8.76. The predicted molar refractivity (Wildman–Crippen MR) is 89.6 cm³/mol. The summed E-state index contributed by atoms with van der Waals surface area (Å²) < 4.78 is 5.95. The highest BCUT2D eigenvalue weighted by atomic mass is 16.5. The average molecular weight is 329 g/mol. The number of likely N-dealkylation sites (tertiary alicyclic amines) is 2. The molecule has 3 amide bonds. The second-order valence-electron chi connectivity index (χ2n) is 6.87. The topological polar surface area (TPSA) is 61.9 Å². The summed E-state index contributed by atoms with van der Waals surface area (Å²) in [6.45, 7) is 2.77. The summed E-state index contributed by atoms with van der Waals surface area (Å²) >= 11 is 0. The molecule has 3 fully saturated rings. The highest BCUT2D eigenvalue weighted by Gasteiger charge is 2.47. The van der Waals surface area contributed by atoms with Gasteiger partial charge in [0.15, 0.2) is 0 Å². The van der Waals surface area contributed by atoms with Crippen LogP contribution in [0.3, 0.4) is 0 Å². The van der Waals surface area contributed by atoms with Gasteiger partial charge < -0.3 is 19.9 Å². The molecular formula is C18H23N3O3. The van der Waals surface area contributed by atoms with Gasteiger partial charge in [-0.15, -0.1) is 0 Å². The minimum atomic E-state index is -0.168. The monoisotopic (exact) mass is 329 g/mol. The van der Waals surface area contributed by atoms with Crippen LogP contribution in [0.15, 0.2) is 30.3 Å². The number of amides is 3. The van der Waals surface area contributed by atoms with Gasteiger partial charge in [-0.05, 0) is 31.4 Å². The lowest BCUT2D eigenvalue weighted by Crippen LogP contribution is -2.49. The van der Waals surface area contributed by atoms with Crippen LogP contribution in [-0.4, -0.2) is 60.1 Å². The maximum Gasteiger partial charge on any atom is 0.322 e. The number of carbonyl (C=O) groups excluding carboxylic acids is 2. The Balaban J connectivity index is 1.39. The van der Waals surface area contributed by atoms with E-state index in [-0.39, 0.29) is 30.1 Å². The third-order valence-electron chi connectivity index (χ3n) is 5.20. The Morgan fingerprint density at radius 1 is 1.04 bits per heavy atom. The molecule has 0 aliphatic carbocycles. The van der Waals surface area contributed by atoms with Crippen LogP contribution in [0.5, 0.6) is 0 Å². The van der Waals surface area contributed by atoms with E-state index in [0.717, 1.165) is 38.0 Å². The van der Waals surface area contributed by atoms with Crippen molar-refractivity contribution in [2.24, 2.45) is 5.92 Å². The van der Waals surface area contributed by atoms with Crippen LogP contribution in [0, 0.1) is 5.92 Å². The number of ether oxygens (including phenoxy) is 1. The summed E-state index contributed by atoms with van der Waals surface area (Å²) in [5, 5.41) is 2.92. The molecule has 0 radical (unpaired) electrons. The number of anilines is 1. The number of fused-ring (bicyclic) bond motifs is 2. The van der Waals surface area contributed by atoms with E-state index in [1.54, 1.807) is 4.90 Å². The van der Waals surface area contributed by atoms with Crippen LogP contribution >= 0.6 is 0 Å². The molecule has 3 aliphatic heterocycles. The van der Waals surface area contributed by atoms with Crippen molar-refractivity contribution in [3.05, 3.63) is 30.3 Å². The first kappa shape index (κ1) is 15.4. The van der Waals surface area contributed by atoms with Crippen molar-refractivity contribution in [1.82, 2.24) is 9.80 Å². The molecule has 1 N–H and O–H groups in total. The summed E-state index contributed by atoms with van der Waals surface area (Å²) in [7, 11) is 0. The summed E-state index contributed by atoms with van der Waals surface area (Å²) in [5.41, 5.74) is 0.783. The Morgan fingerprint density at radius 3 is 2.54 bits per heavy atom. The zero-order valence-corrected chi connectivity index (χ0v) is 13.7. The van der Waals surface area contributed by atoms with Crippen LogP contribution in [0.25, 0.3) is 0 Å². The standard InChI is InChI=1S/C18H23N3O3/c22-17(20-8-4-5-9-20)15-10-14-11-21(12-16(15)24-14)18(23)19-13-6-2-1-3-7-13/h1-3,6-7,14-16H,4-5,8-12H2,(H,19,23)/t14-,15-,16-/m0/s1. The zero-order valence-electron chi connectivity index (χ0n) is 13.7. The summed E-state index contributed by atoms with van der Waals surface area (Å²) in [6, 6.07) is 9.32. The van der Waals surface area contributed by atoms with E-state index in [1.807, 2.05) is 35.2 Å². The fraction of sp³-hybridized carbons (Fsp3) is 0.556. The van der Waals surface area contributed by atoms with Gasteiger partial charge in [-0.25, -0.2) is 4.79 Å². The maximum atomic E-state index is 12.7. The zero-order chi connectivity index (χ0) is 16.5. The van der Waals surface area contributed by atoms with Crippen LogP contribution in [0.1, 0.15) is 19.3 Å². The van der Waals surface area contributed by atoms with E-state index in [2.05, 4.69) is 5.32 Å². The molecule has 0 saturated carbocycles. The fourth-order valence-corrected chi connectivity index (χ4v) is 3.98. The Morgan fingerprint density at radius 2 is 1.79 bits per heavy atom. The summed E-state index contributed by atoms with van der Waals surface area (Å²) in [6.07, 6.45) is 2.73. The number of para-hydroxylation sites is 1. The smallest absolute Gasteiger partial charge is 0.322 e. The fourth-order valence-electron chi connectivity index (χ4n) is 3.98. The third kappa shape index (κ3) is 2.98. The van der Waals surface area contributed by atoms with E-state index in [9.17, 15) is 9.59 Å². The van der Waals surface area contributed by atoms with Gasteiger partial charge in [-0.3, -0.25) is 4.79 Å². The predicted octanol–water partition coefficient (Wildman–Crippen LogP) is 1.93. The van der Waals surface area contributed by atoms with Crippen molar-refractivity contribution in [3.63, 3.8) is 0 Å². The highest BCUT2D eigenvalue weighted by Crippen LogP contribution is 2.34. The Hall–Kier alpha value is -2.08. The molecule has 2 bridgehead atoms. The van der Waals surface area contributed by atoms with Crippen LogP contribution < -0.4 is 5.32 Å². The van der Waals surface area contributed by atoms with Gasteiger partial charge in [-0.1, -0.05) is 18.2 Å². The summed E-state index contributed by atoms with van der Waals surface area (Å²) in [4.78, 5) is 28.9. The number of urea groups is 1. The molecule has 6 nitrogen and oxygen atoms in total. The number of benzene rings is 1. The van der Waals surface area contributed by atoms with Gasteiger partial charge in [0.1, 0.15) is 0 Å². The maximum absolute atomic E-state index is 12.7. The Kier molecular flexibility index (Phi) is 4.14. The van der Waals surface area contributed by atoms with Crippen LogP contribution in [0.4, 0.5) is 10.5 Å². The molecule has 3 saturated heterocycles. The molecule has 0 aromatic heterocycles. The normalized spacial score (nSPS) is 28.9. The van der Waals surface area contributed by atoms with E-state index >= 15 is 0 Å². The first-order valence-corrected chi connectivity index (χ1v) is 8.76. The minimum absolute atomic E-state index is 0.0261. The number of carbonyl (C=O) groups is 2. The van der Waals surface area contributed by atoms with Gasteiger partial charge in [0.25, 0.3) is 0 Å². The van der Waals surface area contributed by atoms with Crippen molar-refractivity contribution in [2.45, 2.75) is 31.5 Å². The van der Waals surface area contributed by atoms with Gasteiger partial charge >= 0.3 is 6.03 Å². The highest BCUT2D eigenvalue weighted by molar-refractivity contribution is 5.89. The molecule has 6 heteroatoms. The molecule has 0 unspecified atom stereocenters. The van der Waals surface area contributed by atoms with Crippen LogP contribution in [-0.2, 0) is 9.53 Å². The molecular weight excluding hydrogens is 306 g/mol. The number of hydrogen-bond donors (Lipinski definition) is 1. The number of nitrogens with zero attached hydrogens (tertiary/aromatic N) is 2. The molecule has 4 rings (SSSR count). The van der Waals surface area contributed by atoms with E-state index in [1.165, 1.54) is 0 Å². The average Bonchev–Trinajstić information content (AvgIpc) is 3.23. The van der Waals surface area contributed by atoms with Crippen LogP contribution in [0.2, 0.25) is 0 Å². The van der Waals surface area contributed by atoms with Crippen molar-refractivity contribution < 1.29 is 14.3 Å². The lowest BCUT2D eigenvalue weighted by Gasteiger charge is -2.33. The molecule has 1 aromatic carbocycles. The van der Waals surface area contributed by atoms with Crippen molar-refractivity contribution >= 4 is 17.6 Å². The number of rotatable bonds is 2. The molecule has 128 valence electrons. The van der Waals surface area contributed by atoms with Gasteiger partial charge in [0, 0.05) is 31.9 Å². The molecule has 1 aromatic rings. The van der Waals surface area contributed by atoms with Gasteiger partial charge in [0.2, 0.25) is 5.91 Å². The Labute approximate surface area is 141 Å². The molecule has 3 aliphatic rings. The minimum Gasteiger partial charge on any atom is -0.370 e. The number of morpholine rings is 1. The van der Waals surface area contributed by atoms with E-state index in [4.69, 9.17) is 4.74 Å². The largest absolute Gasteiger partial charge is 0.370 e. The lowest BCUT2D eigenvalue weighted by molar-refractivity contribution is -0.137. The summed E-state index contributed by atoms with van der Waals surface area (Å²) in [5.74, 6) is 0.118. The quantitative estimate of drug-likeness (QED) is 0.902. The second kappa shape index (κ2) is 6.43. The van der Waals surface area contributed by atoms with Gasteiger partial charge in [-0.2, -0.15) is 0 Å². The second-order valence-corrected chi connectivity index (χ2v) is 6.87. The third-order valence-corrected chi connectivity index (χ3v) is 5.20. The van der Waals surface area contributed by atoms with Crippen molar-refractivity contribution in [3.8, 4) is 0 Å². The Bertz CT molecular complexity index is 615. The molecule has 3 heterocycles.